The van der Waals surface area contributed by atoms with E-state index in [0.29, 0.717) is 0 Å². The minimum absolute atomic E-state index is 0.810. The first kappa shape index (κ1) is 15.9. The summed E-state index contributed by atoms with van der Waals surface area (Å²) >= 11 is 0. The molecule has 0 fully saturated rings. The van der Waals surface area contributed by atoms with Gasteiger partial charge in [-0.3, -0.25) is 0 Å². The molecule has 3 rings (SSSR count). The van der Waals surface area contributed by atoms with Crippen LogP contribution in [0.3, 0.4) is 0 Å². The average molecular weight is 316 g/mol. The van der Waals surface area contributed by atoms with Crippen molar-refractivity contribution in [3.05, 3.63) is 96.1 Å². The molecule has 2 nitrogen and oxygen atoms in total. The lowest BCUT2D eigenvalue weighted by Gasteiger charge is -2.10. The Hall–Kier alpha value is -3.00. The summed E-state index contributed by atoms with van der Waals surface area (Å²) in [5.41, 5.74) is 4.33. The van der Waals surface area contributed by atoms with Crippen molar-refractivity contribution < 1.29 is 9.47 Å². The topological polar surface area (TPSA) is 18.5 Å². The molecule has 24 heavy (non-hydrogen) atoms. The van der Waals surface area contributed by atoms with Crippen LogP contribution in [0.2, 0.25) is 0 Å². The number of hydrogen-bond acceptors (Lipinski definition) is 2. The molecule has 0 atom stereocenters. The van der Waals surface area contributed by atoms with Gasteiger partial charge in [-0.2, -0.15) is 0 Å². The predicted molar refractivity (Wildman–Crippen MR) is 98.8 cm³/mol. The quantitative estimate of drug-likeness (QED) is 0.587. The van der Waals surface area contributed by atoms with Gasteiger partial charge in [0.15, 0.2) is 0 Å². The summed E-state index contributed by atoms with van der Waals surface area (Å²) in [5.74, 6) is 2.49. The van der Waals surface area contributed by atoms with E-state index in [4.69, 9.17) is 9.47 Å². The van der Waals surface area contributed by atoms with Crippen molar-refractivity contribution in [3.63, 3.8) is 0 Å². The summed E-state index contributed by atoms with van der Waals surface area (Å²) in [6, 6.07) is 23.9. The molecular formula is C22H20O2. The van der Waals surface area contributed by atoms with Crippen LogP contribution in [0.25, 0.3) is 5.57 Å². The SMILES string of the molecule is C=C(c1ccc(OC)cc1)c1ccc(Oc2ccc(C)cc2)cc1. The zero-order valence-corrected chi connectivity index (χ0v) is 14.0. The van der Waals surface area contributed by atoms with Gasteiger partial charge in [-0.25, -0.2) is 0 Å². The largest absolute Gasteiger partial charge is 0.497 e. The van der Waals surface area contributed by atoms with Gasteiger partial charge >= 0.3 is 0 Å². The van der Waals surface area contributed by atoms with E-state index in [1.165, 1.54) is 5.56 Å². The van der Waals surface area contributed by atoms with Crippen molar-refractivity contribution in [3.8, 4) is 17.2 Å². The van der Waals surface area contributed by atoms with E-state index in [1.54, 1.807) is 7.11 Å². The minimum atomic E-state index is 0.810. The molecule has 0 radical (unpaired) electrons. The van der Waals surface area contributed by atoms with E-state index < -0.39 is 0 Å². The first-order valence-corrected chi connectivity index (χ1v) is 7.84. The van der Waals surface area contributed by atoms with Crippen molar-refractivity contribution in [2.75, 3.05) is 7.11 Å². The monoisotopic (exact) mass is 316 g/mol. The number of benzene rings is 3. The van der Waals surface area contributed by atoms with Crippen molar-refractivity contribution in [2.45, 2.75) is 6.92 Å². The Morgan fingerprint density at radius 2 is 1.08 bits per heavy atom. The molecule has 0 spiro atoms. The molecule has 0 bridgehead atoms. The van der Waals surface area contributed by atoms with Crippen LogP contribution in [0.15, 0.2) is 79.4 Å². The standard InChI is InChI=1S/C22H20O2/c1-16-4-10-21(11-5-16)24-22-14-8-19(9-15-22)17(2)18-6-12-20(23-3)13-7-18/h4-15H,2H2,1,3H3. The molecule has 0 aromatic heterocycles. The molecule has 0 amide bonds. The Balaban J connectivity index is 1.73. The van der Waals surface area contributed by atoms with Gasteiger partial charge < -0.3 is 9.47 Å². The van der Waals surface area contributed by atoms with Gasteiger partial charge in [0, 0.05) is 0 Å². The highest BCUT2D eigenvalue weighted by atomic mass is 16.5. The highest BCUT2D eigenvalue weighted by Gasteiger charge is 2.04. The first-order valence-electron chi connectivity index (χ1n) is 7.84. The van der Waals surface area contributed by atoms with Crippen LogP contribution < -0.4 is 9.47 Å². The average Bonchev–Trinajstić information content (AvgIpc) is 2.64. The molecule has 0 unspecified atom stereocenters. The summed E-state index contributed by atoms with van der Waals surface area (Å²) < 4.78 is 11.0. The highest BCUT2D eigenvalue weighted by molar-refractivity contribution is 5.78. The lowest BCUT2D eigenvalue weighted by Crippen LogP contribution is -1.89. The van der Waals surface area contributed by atoms with Gasteiger partial charge in [-0.1, -0.05) is 48.5 Å². The summed E-state index contributed by atoms with van der Waals surface area (Å²) in [5, 5.41) is 0. The Labute approximate surface area is 143 Å². The Morgan fingerprint density at radius 3 is 1.54 bits per heavy atom. The fourth-order valence-electron chi connectivity index (χ4n) is 2.43. The molecule has 0 heterocycles. The van der Waals surface area contributed by atoms with Gasteiger partial charge in [0.05, 0.1) is 7.11 Å². The van der Waals surface area contributed by atoms with Gasteiger partial charge in [-0.15, -0.1) is 0 Å². The smallest absolute Gasteiger partial charge is 0.127 e. The number of ether oxygens (including phenoxy) is 2. The fraction of sp³-hybridized carbons (Fsp3) is 0.0909. The highest BCUT2D eigenvalue weighted by Crippen LogP contribution is 2.27. The molecule has 3 aromatic carbocycles. The normalized spacial score (nSPS) is 10.2. The van der Waals surface area contributed by atoms with Crippen molar-refractivity contribution >= 4 is 5.57 Å². The van der Waals surface area contributed by atoms with Crippen LogP contribution in [0, 0.1) is 6.92 Å². The molecule has 0 saturated carbocycles. The van der Waals surface area contributed by atoms with E-state index in [2.05, 4.69) is 13.5 Å². The zero-order chi connectivity index (χ0) is 16.9. The van der Waals surface area contributed by atoms with Crippen LogP contribution in [-0.2, 0) is 0 Å². The van der Waals surface area contributed by atoms with Gasteiger partial charge in [0.1, 0.15) is 17.2 Å². The number of aryl methyl sites for hydroxylation is 1. The minimum Gasteiger partial charge on any atom is -0.497 e. The van der Waals surface area contributed by atoms with Crippen LogP contribution in [0.5, 0.6) is 17.2 Å². The Kier molecular flexibility index (Phi) is 4.66. The first-order chi connectivity index (χ1) is 11.7. The molecular weight excluding hydrogens is 296 g/mol. The van der Waals surface area contributed by atoms with Gasteiger partial charge in [-0.05, 0) is 60.0 Å². The molecule has 0 aliphatic carbocycles. The summed E-state index contributed by atoms with van der Waals surface area (Å²) in [4.78, 5) is 0. The zero-order valence-electron chi connectivity index (χ0n) is 14.0. The second kappa shape index (κ2) is 7.05. The van der Waals surface area contributed by atoms with Crippen LogP contribution in [-0.4, -0.2) is 7.11 Å². The third-order valence-corrected chi connectivity index (χ3v) is 3.90. The molecule has 0 aliphatic heterocycles. The fourth-order valence-corrected chi connectivity index (χ4v) is 2.43. The van der Waals surface area contributed by atoms with Crippen LogP contribution >= 0.6 is 0 Å². The van der Waals surface area contributed by atoms with Crippen molar-refractivity contribution in [1.29, 1.82) is 0 Å². The lowest BCUT2D eigenvalue weighted by atomic mass is 9.99. The number of hydrogen-bond donors (Lipinski definition) is 0. The molecule has 120 valence electrons. The van der Waals surface area contributed by atoms with Crippen LogP contribution in [0.4, 0.5) is 0 Å². The lowest BCUT2D eigenvalue weighted by molar-refractivity contribution is 0.415. The molecule has 0 N–H and O–H groups in total. The number of rotatable bonds is 5. The molecule has 2 heteroatoms. The van der Waals surface area contributed by atoms with Crippen molar-refractivity contribution in [1.82, 2.24) is 0 Å². The third kappa shape index (κ3) is 3.66. The van der Waals surface area contributed by atoms with E-state index >= 15 is 0 Å². The Bertz CT molecular complexity index is 813. The second-order valence-electron chi connectivity index (χ2n) is 5.65. The van der Waals surface area contributed by atoms with E-state index in [-0.39, 0.29) is 0 Å². The maximum atomic E-state index is 5.86. The molecule has 0 aliphatic rings. The maximum absolute atomic E-state index is 5.86. The van der Waals surface area contributed by atoms with E-state index in [0.717, 1.165) is 33.9 Å². The third-order valence-electron chi connectivity index (χ3n) is 3.90. The van der Waals surface area contributed by atoms with Crippen LogP contribution in [0.1, 0.15) is 16.7 Å². The Morgan fingerprint density at radius 1 is 0.667 bits per heavy atom. The van der Waals surface area contributed by atoms with Gasteiger partial charge in [0.2, 0.25) is 0 Å². The second-order valence-corrected chi connectivity index (χ2v) is 5.65. The summed E-state index contributed by atoms with van der Waals surface area (Å²) in [7, 11) is 1.66. The van der Waals surface area contributed by atoms with E-state index in [1.807, 2.05) is 72.8 Å². The number of methoxy groups -OCH3 is 1. The summed E-state index contributed by atoms with van der Waals surface area (Å²) in [6.45, 7) is 6.25. The molecule has 3 aromatic rings. The molecule has 0 saturated heterocycles. The van der Waals surface area contributed by atoms with Crippen molar-refractivity contribution in [2.24, 2.45) is 0 Å². The summed E-state index contributed by atoms with van der Waals surface area (Å²) in [6.07, 6.45) is 0. The van der Waals surface area contributed by atoms with E-state index in [9.17, 15) is 0 Å². The van der Waals surface area contributed by atoms with Gasteiger partial charge in [0.25, 0.3) is 0 Å². The maximum Gasteiger partial charge on any atom is 0.127 e. The predicted octanol–water partition coefficient (Wildman–Crippen LogP) is 5.86.